The van der Waals surface area contributed by atoms with Crippen LogP contribution >= 0.6 is 0 Å². The molecule has 0 aromatic carbocycles. The Morgan fingerprint density at radius 2 is 1.79 bits per heavy atom. The van der Waals surface area contributed by atoms with E-state index in [1.54, 1.807) is 13.8 Å². The maximum Gasteiger partial charge on any atom is 0.264 e. The standard InChI is InChI=1S/C21H34O7S/c1-8-19(4)11-12(22)15-20(5)13(23)9-10-18(2,3)16(20)14(24)17(21(15,6)28-19)27-29(7,25)26/h8,13-17,23-24H,1,9-11H2,2-7H3/t13-,14-,15+,16-,17+,19-,20+,21-/m0/s1. The van der Waals surface area contributed by atoms with E-state index in [9.17, 15) is 23.4 Å². The van der Waals surface area contributed by atoms with E-state index in [4.69, 9.17) is 8.92 Å². The van der Waals surface area contributed by atoms with Gasteiger partial charge in [0.25, 0.3) is 10.1 Å². The first-order chi connectivity index (χ1) is 13.0. The highest BCUT2D eigenvalue weighted by atomic mass is 32.2. The lowest BCUT2D eigenvalue weighted by Gasteiger charge is -2.68. The molecule has 8 heteroatoms. The van der Waals surface area contributed by atoms with Gasteiger partial charge in [-0.15, -0.1) is 6.58 Å². The van der Waals surface area contributed by atoms with Crippen molar-refractivity contribution in [3.63, 3.8) is 0 Å². The Bertz CT molecular complexity index is 821. The molecule has 2 aliphatic carbocycles. The molecule has 7 nitrogen and oxygen atoms in total. The van der Waals surface area contributed by atoms with Crippen LogP contribution in [0.1, 0.15) is 53.9 Å². The fourth-order valence-electron chi connectivity index (χ4n) is 6.75. The first-order valence-electron chi connectivity index (χ1n) is 10.1. The third-order valence-corrected chi connectivity index (χ3v) is 8.27. The molecule has 0 radical (unpaired) electrons. The van der Waals surface area contributed by atoms with Crippen molar-refractivity contribution >= 4 is 15.9 Å². The number of aliphatic hydroxyl groups excluding tert-OH is 2. The summed E-state index contributed by atoms with van der Waals surface area (Å²) in [7, 11) is -3.95. The van der Waals surface area contributed by atoms with Crippen LogP contribution in [0.4, 0.5) is 0 Å². The summed E-state index contributed by atoms with van der Waals surface area (Å²) in [4.78, 5) is 13.5. The Morgan fingerprint density at radius 1 is 1.21 bits per heavy atom. The van der Waals surface area contributed by atoms with Gasteiger partial charge >= 0.3 is 0 Å². The van der Waals surface area contributed by atoms with E-state index in [2.05, 4.69) is 6.58 Å². The number of aliphatic hydroxyl groups is 2. The highest BCUT2D eigenvalue weighted by molar-refractivity contribution is 7.86. The Kier molecular flexibility index (Phi) is 5.20. The topological polar surface area (TPSA) is 110 Å². The molecule has 3 rings (SSSR count). The SMILES string of the molecule is C=C[C@@]1(C)CC(=O)[C@H]2[C@](C)(O1)[C@H](OS(C)(=O)=O)[C@@H](O)[C@H]1C(C)(C)CC[C@H](O)[C@@]12C. The lowest BCUT2D eigenvalue weighted by Crippen LogP contribution is -2.77. The van der Waals surface area contributed by atoms with Crippen LogP contribution in [0, 0.1) is 22.7 Å². The number of fused-ring (bicyclic) bond motifs is 3. The van der Waals surface area contributed by atoms with Crippen LogP contribution in [0.2, 0.25) is 0 Å². The maximum absolute atomic E-state index is 13.5. The Labute approximate surface area is 173 Å². The van der Waals surface area contributed by atoms with Gasteiger partial charge in [-0.2, -0.15) is 8.42 Å². The third kappa shape index (κ3) is 3.31. The second-order valence-electron chi connectivity index (χ2n) is 10.5. The molecule has 3 fully saturated rings. The number of carbonyl (C=O) groups excluding carboxylic acids is 1. The molecule has 166 valence electrons. The summed E-state index contributed by atoms with van der Waals surface area (Å²) in [5, 5.41) is 22.6. The van der Waals surface area contributed by atoms with Crippen molar-refractivity contribution in [2.24, 2.45) is 22.7 Å². The summed E-state index contributed by atoms with van der Waals surface area (Å²) in [6.07, 6.45) is 0.265. The van der Waals surface area contributed by atoms with Crippen molar-refractivity contribution in [1.29, 1.82) is 0 Å². The molecule has 0 spiro atoms. The highest BCUT2D eigenvalue weighted by Crippen LogP contribution is 2.65. The van der Waals surface area contributed by atoms with Crippen LogP contribution in [-0.4, -0.2) is 60.2 Å². The van der Waals surface area contributed by atoms with Gasteiger partial charge < -0.3 is 14.9 Å². The van der Waals surface area contributed by atoms with Crippen molar-refractivity contribution in [1.82, 2.24) is 0 Å². The fraction of sp³-hybridized carbons (Fsp3) is 0.857. The number of Topliss-reactive ketones (excluding diaryl/α,β-unsaturated/α-hetero) is 1. The van der Waals surface area contributed by atoms with Gasteiger partial charge in [-0.3, -0.25) is 8.98 Å². The smallest absolute Gasteiger partial charge is 0.264 e. The number of rotatable bonds is 3. The van der Waals surface area contributed by atoms with Crippen molar-refractivity contribution in [3.05, 3.63) is 12.7 Å². The van der Waals surface area contributed by atoms with Gasteiger partial charge in [0, 0.05) is 17.8 Å². The lowest BCUT2D eigenvalue weighted by atomic mass is 9.42. The predicted molar refractivity (Wildman–Crippen MR) is 108 cm³/mol. The van der Waals surface area contributed by atoms with Crippen molar-refractivity contribution in [2.45, 2.75) is 83.4 Å². The average Bonchev–Trinajstić information content (AvgIpc) is 2.53. The monoisotopic (exact) mass is 430 g/mol. The van der Waals surface area contributed by atoms with Crippen molar-refractivity contribution < 1.29 is 32.3 Å². The lowest BCUT2D eigenvalue weighted by molar-refractivity contribution is -0.313. The molecule has 3 aliphatic rings. The summed E-state index contributed by atoms with van der Waals surface area (Å²) >= 11 is 0. The number of ether oxygens (including phenoxy) is 1. The van der Waals surface area contributed by atoms with Gasteiger partial charge in [-0.25, -0.2) is 0 Å². The van der Waals surface area contributed by atoms with E-state index in [1.165, 1.54) is 6.08 Å². The van der Waals surface area contributed by atoms with Crippen LogP contribution in [0.15, 0.2) is 12.7 Å². The van der Waals surface area contributed by atoms with Gasteiger partial charge in [-0.05, 0) is 32.1 Å². The van der Waals surface area contributed by atoms with Gasteiger partial charge in [0.05, 0.1) is 30.0 Å². The zero-order valence-corrected chi connectivity index (χ0v) is 19.0. The number of hydrogen-bond donors (Lipinski definition) is 2. The molecule has 29 heavy (non-hydrogen) atoms. The van der Waals surface area contributed by atoms with Crippen molar-refractivity contribution in [3.8, 4) is 0 Å². The second kappa shape index (κ2) is 6.60. The van der Waals surface area contributed by atoms with E-state index in [-0.39, 0.29) is 12.2 Å². The molecule has 2 saturated carbocycles. The number of hydrogen-bond acceptors (Lipinski definition) is 7. The summed E-state index contributed by atoms with van der Waals surface area (Å²) in [6, 6.07) is 0. The van der Waals surface area contributed by atoms with Crippen LogP contribution < -0.4 is 0 Å². The van der Waals surface area contributed by atoms with Gasteiger partial charge in [0.15, 0.2) is 0 Å². The highest BCUT2D eigenvalue weighted by Gasteiger charge is 2.73. The molecular formula is C21H34O7S. The van der Waals surface area contributed by atoms with E-state index in [0.717, 1.165) is 6.26 Å². The first kappa shape index (κ1) is 22.9. The van der Waals surface area contributed by atoms with E-state index in [0.29, 0.717) is 12.8 Å². The molecule has 1 aliphatic heterocycles. The molecule has 1 heterocycles. The molecule has 0 bridgehead atoms. The minimum absolute atomic E-state index is 0.0634. The quantitative estimate of drug-likeness (QED) is 0.519. The molecule has 0 aromatic heterocycles. The Morgan fingerprint density at radius 3 is 2.31 bits per heavy atom. The minimum Gasteiger partial charge on any atom is -0.393 e. The molecular weight excluding hydrogens is 396 g/mol. The van der Waals surface area contributed by atoms with Crippen LogP contribution in [0.25, 0.3) is 0 Å². The molecule has 1 saturated heterocycles. The van der Waals surface area contributed by atoms with E-state index in [1.807, 2.05) is 20.8 Å². The maximum atomic E-state index is 13.5. The predicted octanol–water partition coefficient (Wildman–Crippen LogP) is 1.82. The first-order valence-corrected chi connectivity index (χ1v) is 11.9. The summed E-state index contributed by atoms with van der Waals surface area (Å²) in [5.74, 6) is -1.53. The van der Waals surface area contributed by atoms with Crippen molar-refractivity contribution in [2.75, 3.05) is 6.26 Å². The minimum atomic E-state index is -3.95. The Balaban J connectivity index is 2.27. The number of carbonyl (C=O) groups is 1. The normalized spacial score (nSPS) is 49.8. The largest absolute Gasteiger partial charge is 0.393 e. The van der Waals surface area contributed by atoms with Crippen LogP contribution in [0.3, 0.4) is 0 Å². The molecule has 0 amide bonds. The number of ketones is 1. The van der Waals surface area contributed by atoms with Gasteiger partial charge in [0.2, 0.25) is 0 Å². The van der Waals surface area contributed by atoms with Crippen LogP contribution in [0.5, 0.6) is 0 Å². The summed E-state index contributed by atoms with van der Waals surface area (Å²) in [6.45, 7) is 12.9. The van der Waals surface area contributed by atoms with Crippen LogP contribution in [-0.2, 0) is 23.8 Å². The summed E-state index contributed by atoms with van der Waals surface area (Å²) < 4.78 is 35.9. The van der Waals surface area contributed by atoms with E-state index >= 15 is 0 Å². The molecule has 0 unspecified atom stereocenters. The zero-order valence-electron chi connectivity index (χ0n) is 18.1. The van der Waals surface area contributed by atoms with Gasteiger partial charge in [-0.1, -0.05) is 26.8 Å². The third-order valence-electron chi connectivity index (χ3n) is 7.71. The van der Waals surface area contributed by atoms with Gasteiger partial charge in [0.1, 0.15) is 17.5 Å². The Hall–Kier alpha value is -0.800. The molecule has 0 aromatic rings. The molecule has 8 atom stereocenters. The fourth-order valence-corrected chi connectivity index (χ4v) is 7.43. The summed E-state index contributed by atoms with van der Waals surface area (Å²) in [5.41, 5.74) is -3.92. The zero-order chi connectivity index (χ0) is 22.2. The molecule has 2 N–H and O–H groups in total. The second-order valence-corrected chi connectivity index (χ2v) is 12.1. The van der Waals surface area contributed by atoms with E-state index < -0.39 is 62.3 Å². The average molecular weight is 431 g/mol.